The molecule has 0 saturated heterocycles. The van der Waals surface area contributed by atoms with Gasteiger partial charge in [0.1, 0.15) is 0 Å². The molecule has 0 saturated carbocycles. The number of benzene rings is 1. The van der Waals surface area contributed by atoms with E-state index in [1.165, 1.54) is 35.6 Å². The van der Waals surface area contributed by atoms with Crippen molar-refractivity contribution in [3.05, 3.63) is 45.9 Å². The number of carboxylic acid groups (broad SMARTS) is 1. The van der Waals surface area contributed by atoms with Crippen LogP contribution in [0.1, 0.15) is 20.9 Å². The Labute approximate surface area is 126 Å². The molecule has 0 atom stereocenters. The fourth-order valence-electron chi connectivity index (χ4n) is 1.73. The normalized spacial score (nSPS) is 11.5. The average molecular weight is 326 g/mol. The second-order valence-electron chi connectivity index (χ2n) is 4.34. The minimum absolute atomic E-state index is 0.0496. The van der Waals surface area contributed by atoms with E-state index in [1.54, 1.807) is 5.51 Å². The van der Waals surface area contributed by atoms with Crippen LogP contribution < -0.4 is 4.72 Å². The van der Waals surface area contributed by atoms with Crippen LogP contribution in [-0.4, -0.2) is 31.0 Å². The number of sulfonamides is 1. The Morgan fingerprint density at radius 3 is 2.52 bits per heavy atom. The highest BCUT2D eigenvalue weighted by Crippen LogP contribution is 2.13. The monoisotopic (exact) mass is 326 g/mol. The molecule has 2 aromatic rings. The minimum atomic E-state index is -3.63. The topological polar surface area (TPSA) is 96.4 Å². The van der Waals surface area contributed by atoms with Crippen molar-refractivity contribution in [1.29, 1.82) is 0 Å². The van der Waals surface area contributed by atoms with Crippen LogP contribution in [0, 0.1) is 6.92 Å². The zero-order valence-corrected chi connectivity index (χ0v) is 12.9. The van der Waals surface area contributed by atoms with E-state index >= 15 is 0 Å². The number of nitrogens with one attached hydrogen (secondary N) is 1. The van der Waals surface area contributed by atoms with Crippen molar-refractivity contribution in [2.45, 2.75) is 18.2 Å². The van der Waals surface area contributed by atoms with Gasteiger partial charge in [-0.1, -0.05) is 0 Å². The molecule has 0 radical (unpaired) electrons. The molecule has 21 heavy (non-hydrogen) atoms. The van der Waals surface area contributed by atoms with E-state index in [2.05, 4.69) is 9.71 Å². The van der Waals surface area contributed by atoms with E-state index in [4.69, 9.17) is 5.11 Å². The summed E-state index contributed by atoms with van der Waals surface area (Å²) >= 11 is 1.49. The molecule has 0 amide bonds. The number of aromatic nitrogens is 1. The largest absolute Gasteiger partial charge is 0.478 e. The maximum Gasteiger partial charge on any atom is 0.335 e. The van der Waals surface area contributed by atoms with Crippen molar-refractivity contribution >= 4 is 27.3 Å². The van der Waals surface area contributed by atoms with Crippen LogP contribution >= 0.6 is 11.3 Å². The van der Waals surface area contributed by atoms with Crippen LogP contribution in [0.4, 0.5) is 0 Å². The molecule has 0 aliphatic heterocycles. The highest BCUT2D eigenvalue weighted by molar-refractivity contribution is 7.89. The first-order valence-corrected chi connectivity index (χ1v) is 8.48. The summed E-state index contributed by atoms with van der Waals surface area (Å²) in [5.41, 5.74) is 2.68. The molecule has 2 N–H and O–H groups in total. The third-order valence-electron chi connectivity index (χ3n) is 2.90. The zero-order chi connectivity index (χ0) is 15.5. The molecule has 112 valence electrons. The van der Waals surface area contributed by atoms with Gasteiger partial charge >= 0.3 is 5.97 Å². The Hall–Kier alpha value is -1.77. The molecule has 1 aromatic heterocycles. The predicted octanol–water partition coefficient (Wildman–Crippen LogP) is 1.67. The second kappa shape index (κ2) is 6.33. The standard InChI is InChI=1S/C13H14N2O4S2/c1-9-12(20-8-14-9)6-7-15-21(18,19)11-4-2-10(3-5-11)13(16)17/h2-5,8,15H,6-7H2,1H3,(H,16,17). The van der Waals surface area contributed by atoms with E-state index in [0.717, 1.165) is 10.6 Å². The molecule has 0 unspecified atom stereocenters. The highest BCUT2D eigenvalue weighted by atomic mass is 32.2. The van der Waals surface area contributed by atoms with Crippen LogP contribution in [0.5, 0.6) is 0 Å². The second-order valence-corrected chi connectivity index (χ2v) is 7.04. The van der Waals surface area contributed by atoms with Gasteiger partial charge in [-0.3, -0.25) is 0 Å². The van der Waals surface area contributed by atoms with Gasteiger partial charge < -0.3 is 5.11 Å². The number of carboxylic acids is 1. The molecule has 2 rings (SSSR count). The molecule has 8 heteroatoms. The first kappa shape index (κ1) is 15.6. The summed E-state index contributed by atoms with van der Waals surface area (Å²) in [5, 5.41) is 8.78. The Balaban J connectivity index is 2.01. The maximum atomic E-state index is 12.1. The van der Waals surface area contributed by atoms with Gasteiger partial charge in [0.2, 0.25) is 10.0 Å². The van der Waals surface area contributed by atoms with E-state index in [0.29, 0.717) is 6.42 Å². The van der Waals surface area contributed by atoms with Crippen LogP contribution in [0.25, 0.3) is 0 Å². The molecule has 0 aliphatic rings. The lowest BCUT2D eigenvalue weighted by molar-refractivity contribution is 0.0696. The summed E-state index contributed by atoms with van der Waals surface area (Å²) in [6.07, 6.45) is 0.572. The Morgan fingerprint density at radius 2 is 2.00 bits per heavy atom. The average Bonchev–Trinajstić information content (AvgIpc) is 2.84. The van der Waals surface area contributed by atoms with Crippen molar-refractivity contribution in [3.8, 4) is 0 Å². The molecule has 0 aliphatic carbocycles. The number of thiazole rings is 1. The number of carbonyl (C=O) groups is 1. The smallest absolute Gasteiger partial charge is 0.335 e. The van der Waals surface area contributed by atoms with Crippen molar-refractivity contribution in [2.24, 2.45) is 0 Å². The van der Waals surface area contributed by atoms with Gasteiger partial charge in [-0.2, -0.15) is 0 Å². The molecular weight excluding hydrogens is 312 g/mol. The molecule has 1 heterocycles. The number of aryl methyl sites for hydroxylation is 1. The molecule has 0 bridgehead atoms. The first-order chi connectivity index (χ1) is 9.90. The third kappa shape index (κ3) is 3.87. The Kier molecular flexibility index (Phi) is 4.71. The van der Waals surface area contributed by atoms with Gasteiger partial charge in [-0.25, -0.2) is 22.9 Å². The van der Waals surface area contributed by atoms with Gasteiger partial charge in [-0.05, 0) is 37.6 Å². The lowest BCUT2D eigenvalue weighted by Gasteiger charge is -2.06. The van der Waals surface area contributed by atoms with Crippen molar-refractivity contribution < 1.29 is 18.3 Å². The van der Waals surface area contributed by atoms with Crippen LogP contribution in [0.15, 0.2) is 34.7 Å². The van der Waals surface area contributed by atoms with Crippen molar-refractivity contribution in [3.63, 3.8) is 0 Å². The number of aromatic carboxylic acids is 1. The molecule has 1 aromatic carbocycles. The van der Waals surface area contributed by atoms with Gasteiger partial charge in [0.15, 0.2) is 0 Å². The summed E-state index contributed by atoms with van der Waals surface area (Å²) < 4.78 is 26.6. The fraction of sp³-hybridized carbons (Fsp3) is 0.231. The number of nitrogens with zero attached hydrogens (tertiary/aromatic N) is 1. The van der Waals surface area contributed by atoms with E-state index in [9.17, 15) is 13.2 Å². The number of hydrogen-bond donors (Lipinski definition) is 2. The zero-order valence-electron chi connectivity index (χ0n) is 11.2. The van der Waals surface area contributed by atoms with Gasteiger partial charge in [0.25, 0.3) is 0 Å². The van der Waals surface area contributed by atoms with E-state index < -0.39 is 16.0 Å². The SMILES string of the molecule is Cc1ncsc1CCNS(=O)(=O)c1ccc(C(=O)O)cc1. The number of hydrogen-bond acceptors (Lipinski definition) is 5. The summed E-state index contributed by atoms with van der Waals surface area (Å²) in [6.45, 7) is 2.15. The van der Waals surface area contributed by atoms with Crippen molar-refractivity contribution in [2.75, 3.05) is 6.54 Å². The summed E-state index contributed by atoms with van der Waals surface area (Å²) in [7, 11) is -3.63. The van der Waals surface area contributed by atoms with Gasteiger partial charge in [-0.15, -0.1) is 11.3 Å². The molecule has 0 fully saturated rings. The quantitative estimate of drug-likeness (QED) is 0.842. The minimum Gasteiger partial charge on any atom is -0.478 e. The van der Waals surface area contributed by atoms with Gasteiger partial charge in [0.05, 0.1) is 21.7 Å². The molecule has 6 nitrogen and oxygen atoms in total. The molecule has 0 spiro atoms. The molecular formula is C13H14N2O4S2. The summed E-state index contributed by atoms with van der Waals surface area (Å²) in [6, 6.07) is 5.10. The van der Waals surface area contributed by atoms with E-state index in [-0.39, 0.29) is 17.0 Å². The summed E-state index contributed by atoms with van der Waals surface area (Å²) in [4.78, 5) is 15.9. The lowest BCUT2D eigenvalue weighted by atomic mass is 10.2. The van der Waals surface area contributed by atoms with Crippen molar-refractivity contribution in [1.82, 2.24) is 9.71 Å². The first-order valence-electron chi connectivity index (χ1n) is 6.12. The third-order valence-corrected chi connectivity index (χ3v) is 5.37. The maximum absolute atomic E-state index is 12.1. The van der Waals surface area contributed by atoms with Crippen LogP contribution in [0.2, 0.25) is 0 Å². The highest BCUT2D eigenvalue weighted by Gasteiger charge is 2.14. The number of rotatable bonds is 6. The van der Waals surface area contributed by atoms with E-state index in [1.807, 2.05) is 6.92 Å². The Morgan fingerprint density at radius 1 is 1.33 bits per heavy atom. The predicted molar refractivity (Wildman–Crippen MR) is 79.1 cm³/mol. The van der Waals surface area contributed by atoms with Crippen LogP contribution in [0.3, 0.4) is 0 Å². The summed E-state index contributed by atoms with van der Waals surface area (Å²) in [5.74, 6) is -1.09. The lowest BCUT2D eigenvalue weighted by Crippen LogP contribution is -2.26. The Bertz CT molecular complexity index is 736. The van der Waals surface area contributed by atoms with Gasteiger partial charge in [0, 0.05) is 11.4 Å². The fourth-order valence-corrected chi connectivity index (χ4v) is 3.54. The van der Waals surface area contributed by atoms with Crippen LogP contribution in [-0.2, 0) is 16.4 Å².